The largest absolute Gasteiger partial charge is 0.454 e. The number of hydrogen-bond donors (Lipinski definition) is 2. The SMILES string of the molecule is CCc1ccc([C@H]([NH2+][C@@H](C)C(=O)Nc2ccc3c(c2)OCO3)c2cccc(F)c2)cc1. The Balaban J connectivity index is 1.53. The first-order chi connectivity index (χ1) is 15.0. The van der Waals surface area contributed by atoms with Gasteiger partial charge in [-0.15, -0.1) is 0 Å². The Labute approximate surface area is 181 Å². The van der Waals surface area contributed by atoms with Crippen molar-refractivity contribution >= 4 is 11.6 Å². The third-order valence-corrected chi connectivity index (χ3v) is 5.49. The first-order valence-corrected chi connectivity index (χ1v) is 10.4. The van der Waals surface area contributed by atoms with E-state index in [1.807, 2.05) is 30.4 Å². The molecule has 1 aliphatic heterocycles. The molecule has 3 aromatic rings. The molecule has 6 heteroatoms. The van der Waals surface area contributed by atoms with Crippen molar-refractivity contribution in [1.29, 1.82) is 0 Å². The maximum absolute atomic E-state index is 13.9. The Hall–Kier alpha value is -3.38. The third-order valence-electron chi connectivity index (χ3n) is 5.49. The normalized spacial score (nSPS) is 14.2. The van der Waals surface area contributed by atoms with Gasteiger partial charge in [-0.25, -0.2) is 4.39 Å². The molecule has 0 aromatic heterocycles. The van der Waals surface area contributed by atoms with Crippen molar-refractivity contribution < 1.29 is 24.0 Å². The van der Waals surface area contributed by atoms with Gasteiger partial charge in [0.15, 0.2) is 17.5 Å². The molecule has 0 radical (unpaired) electrons. The summed E-state index contributed by atoms with van der Waals surface area (Å²) < 4.78 is 24.6. The van der Waals surface area contributed by atoms with E-state index in [-0.39, 0.29) is 24.6 Å². The van der Waals surface area contributed by atoms with Gasteiger partial charge in [0.05, 0.1) is 0 Å². The van der Waals surface area contributed by atoms with Crippen LogP contribution in [0.15, 0.2) is 66.7 Å². The van der Waals surface area contributed by atoms with E-state index in [0.717, 1.165) is 17.5 Å². The van der Waals surface area contributed by atoms with Crippen molar-refractivity contribution in [1.82, 2.24) is 0 Å². The number of ether oxygens (including phenoxy) is 2. The van der Waals surface area contributed by atoms with Crippen molar-refractivity contribution in [3.05, 3.63) is 89.2 Å². The molecule has 0 fully saturated rings. The van der Waals surface area contributed by atoms with Gasteiger partial charge in [0.2, 0.25) is 6.79 Å². The predicted molar refractivity (Wildman–Crippen MR) is 117 cm³/mol. The zero-order valence-electron chi connectivity index (χ0n) is 17.6. The first kappa shape index (κ1) is 20.9. The lowest BCUT2D eigenvalue weighted by molar-refractivity contribution is -0.704. The summed E-state index contributed by atoms with van der Waals surface area (Å²) in [6.45, 7) is 4.13. The van der Waals surface area contributed by atoms with E-state index in [4.69, 9.17) is 9.47 Å². The first-order valence-electron chi connectivity index (χ1n) is 10.4. The molecular weight excluding hydrogens is 395 g/mol. The zero-order chi connectivity index (χ0) is 21.8. The number of rotatable bonds is 7. The lowest BCUT2D eigenvalue weighted by Gasteiger charge is -2.21. The highest BCUT2D eigenvalue weighted by Crippen LogP contribution is 2.34. The number of quaternary nitrogens is 1. The molecule has 2 atom stereocenters. The van der Waals surface area contributed by atoms with Gasteiger partial charge in [-0.05, 0) is 43.2 Å². The van der Waals surface area contributed by atoms with Gasteiger partial charge in [-0.3, -0.25) is 4.79 Å². The van der Waals surface area contributed by atoms with Crippen LogP contribution < -0.4 is 20.1 Å². The minimum Gasteiger partial charge on any atom is -0.454 e. The Morgan fingerprint density at radius 3 is 2.55 bits per heavy atom. The summed E-state index contributed by atoms with van der Waals surface area (Å²) in [6, 6.07) is 19.5. The van der Waals surface area contributed by atoms with Crippen LogP contribution in [0.3, 0.4) is 0 Å². The topological polar surface area (TPSA) is 64.2 Å². The van der Waals surface area contributed by atoms with Crippen LogP contribution >= 0.6 is 0 Å². The average molecular weight is 421 g/mol. The molecule has 0 saturated carbocycles. The van der Waals surface area contributed by atoms with E-state index in [9.17, 15) is 9.18 Å². The Bertz CT molecular complexity index is 1070. The van der Waals surface area contributed by atoms with Crippen LogP contribution in [-0.2, 0) is 11.2 Å². The van der Waals surface area contributed by atoms with Crippen molar-refractivity contribution in [3.8, 4) is 11.5 Å². The standard InChI is InChI=1S/C25H25FN2O3/c1-3-17-7-9-18(10-8-17)24(19-5-4-6-20(26)13-19)27-16(2)25(29)28-21-11-12-22-23(14-21)31-15-30-22/h4-14,16,24,27H,3,15H2,1-2H3,(H,28,29)/p+1/t16-,24-/m0/s1. The van der Waals surface area contributed by atoms with Gasteiger partial charge < -0.3 is 20.1 Å². The number of halogens is 1. The maximum atomic E-state index is 13.9. The fraction of sp³-hybridized carbons (Fsp3) is 0.240. The highest BCUT2D eigenvalue weighted by molar-refractivity contribution is 5.93. The van der Waals surface area contributed by atoms with Crippen molar-refractivity contribution in [2.24, 2.45) is 0 Å². The number of benzene rings is 3. The highest BCUT2D eigenvalue weighted by Gasteiger charge is 2.26. The van der Waals surface area contributed by atoms with Gasteiger partial charge in [-0.1, -0.05) is 43.3 Å². The van der Waals surface area contributed by atoms with E-state index < -0.39 is 6.04 Å². The van der Waals surface area contributed by atoms with Crippen molar-refractivity contribution in [2.75, 3.05) is 12.1 Å². The molecule has 0 saturated heterocycles. The molecule has 0 aliphatic carbocycles. The molecule has 1 heterocycles. The number of nitrogens with two attached hydrogens (primary N) is 1. The van der Waals surface area contributed by atoms with Crippen molar-refractivity contribution in [3.63, 3.8) is 0 Å². The molecule has 3 N–H and O–H groups in total. The highest BCUT2D eigenvalue weighted by atomic mass is 19.1. The summed E-state index contributed by atoms with van der Waals surface area (Å²) >= 11 is 0. The smallest absolute Gasteiger partial charge is 0.282 e. The third kappa shape index (κ3) is 4.86. The second-order valence-corrected chi connectivity index (χ2v) is 7.67. The van der Waals surface area contributed by atoms with Gasteiger partial charge in [-0.2, -0.15) is 0 Å². The number of hydrogen-bond acceptors (Lipinski definition) is 3. The number of fused-ring (bicyclic) bond motifs is 1. The van der Waals surface area contributed by atoms with E-state index >= 15 is 0 Å². The van der Waals surface area contributed by atoms with Crippen molar-refractivity contribution in [2.45, 2.75) is 32.4 Å². The molecular formula is C25H26FN2O3+. The monoisotopic (exact) mass is 421 g/mol. The lowest BCUT2D eigenvalue weighted by Crippen LogP contribution is -2.92. The summed E-state index contributed by atoms with van der Waals surface area (Å²) in [5.41, 5.74) is 3.71. The van der Waals surface area contributed by atoms with Crippen LogP contribution in [0.4, 0.5) is 10.1 Å². The maximum Gasteiger partial charge on any atom is 0.282 e. The lowest BCUT2D eigenvalue weighted by atomic mass is 9.96. The van der Waals surface area contributed by atoms with E-state index in [0.29, 0.717) is 17.2 Å². The number of nitrogens with one attached hydrogen (secondary N) is 1. The summed E-state index contributed by atoms with van der Waals surface area (Å²) in [5.74, 6) is 0.839. The number of carbonyl (C=O) groups is 1. The number of aryl methyl sites for hydroxylation is 1. The molecule has 5 nitrogen and oxygen atoms in total. The molecule has 0 spiro atoms. The molecule has 160 valence electrons. The molecule has 4 rings (SSSR count). The molecule has 1 aliphatic rings. The Kier molecular flexibility index (Phi) is 6.18. The summed E-state index contributed by atoms with van der Waals surface area (Å²) in [7, 11) is 0. The van der Waals surface area contributed by atoms with Gasteiger partial charge in [0.1, 0.15) is 11.9 Å². The molecule has 0 unspecified atom stereocenters. The van der Waals surface area contributed by atoms with Crippen LogP contribution in [0.25, 0.3) is 0 Å². The quantitative estimate of drug-likeness (QED) is 0.610. The molecule has 1 amide bonds. The van der Waals surface area contributed by atoms with Crippen LogP contribution in [0.1, 0.15) is 36.6 Å². The van der Waals surface area contributed by atoms with E-state index in [1.54, 1.807) is 24.3 Å². The molecule has 0 bridgehead atoms. The predicted octanol–water partition coefficient (Wildman–Crippen LogP) is 3.80. The number of amides is 1. The van der Waals surface area contributed by atoms with Gasteiger partial charge in [0.25, 0.3) is 5.91 Å². The van der Waals surface area contributed by atoms with E-state index in [2.05, 4.69) is 24.4 Å². The minimum atomic E-state index is -0.412. The van der Waals surface area contributed by atoms with Gasteiger partial charge >= 0.3 is 0 Å². The number of carbonyl (C=O) groups excluding carboxylic acids is 1. The van der Waals surface area contributed by atoms with Crippen LogP contribution in [-0.4, -0.2) is 18.7 Å². The molecule has 31 heavy (non-hydrogen) atoms. The van der Waals surface area contributed by atoms with Crippen LogP contribution in [0.5, 0.6) is 11.5 Å². The fourth-order valence-electron chi connectivity index (χ4n) is 3.68. The molecule has 3 aromatic carbocycles. The van der Waals surface area contributed by atoms with Gasteiger partial charge in [0, 0.05) is 22.9 Å². The summed E-state index contributed by atoms with van der Waals surface area (Å²) in [4.78, 5) is 12.9. The van der Waals surface area contributed by atoms with Crippen LogP contribution in [0.2, 0.25) is 0 Å². The Morgan fingerprint density at radius 2 is 1.81 bits per heavy atom. The number of anilines is 1. The average Bonchev–Trinajstić information content (AvgIpc) is 3.25. The Morgan fingerprint density at radius 1 is 1.03 bits per heavy atom. The second kappa shape index (κ2) is 9.18. The zero-order valence-corrected chi connectivity index (χ0v) is 17.6. The fourth-order valence-corrected chi connectivity index (χ4v) is 3.68. The summed E-state index contributed by atoms with van der Waals surface area (Å²) in [6.07, 6.45) is 0.947. The minimum absolute atomic E-state index is 0.148. The van der Waals surface area contributed by atoms with Crippen LogP contribution in [0, 0.1) is 5.82 Å². The summed E-state index contributed by atoms with van der Waals surface area (Å²) in [5, 5.41) is 4.89. The second-order valence-electron chi connectivity index (χ2n) is 7.67. The van der Waals surface area contributed by atoms with E-state index in [1.165, 1.54) is 17.7 Å².